The molecule has 4 heteroatoms. The van der Waals surface area contributed by atoms with Crippen LogP contribution in [0.4, 0.5) is 5.69 Å². The number of nitriles is 2. The molecule has 0 fully saturated rings. The van der Waals surface area contributed by atoms with E-state index in [1.165, 1.54) is 0 Å². The van der Waals surface area contributed by atoms with Gasteiger partial charge in [-0.25, -0.2) is 0 Å². The molecule has 0 aliphatic carbocycles. The molecule has 0 aliphatic rings. The Kier molecular flexibility index (Phi) is 4.32. The lowest BCUT2D eigenvalue weighted by atomic mass is 10.1. The second kappa shape index (κ2) is 5.75. The number of nitrogens with two attached hydrogens (primary N) is 1. The molecule has 4 nitrogen and oxygen atoms in total. The average molecular weight is 214 g/mol. The van der Waals surface area contributed by atoms with Gasteiger partial charge in [-0.2, -0.15) is 10.5 Å². The summed E-state index contributed by atoms with van der Waals surface area (Å²) in [6, 6.07) is 9.80. The Labute approximate surface area is 95.5 Å². The lowest BCUT2D eigenvalue weighted by Crippen LogP contribution is -2.24. The van der Waals surface area contributed by atoms with Crippen molar-refractivity contribution in [2.24, 2.45) is 0 Å². The number of nitrogen functional groups attached to an aromatic ring is 1. The van der Waals surface area contributed by atoms with Gasteiger partial charge in [-0.05, 0) is 24.1 Å². The van der Waals surface area contributed by atoms with E-state index in [0.717, 1.165) is 16.8 Å². The minimum absolute atomic E-state index is 0.252. The maximum absolute atomic E-state index is 8.64. The van der Waals surface area contributed by atoms with E-state index in [9.17, 15) is 0 Å². The second-order valence-corrected chi connectivity index (χ2v) is 3.59. The average Bonchev–Trinajstić information content (AvgIpc) is 2.25. The third kappa shape index (κ3) is 2.98. The zero-order valence-corrected chi connectivity index (χ0v) is 9.27. The van der Waals surface area contributed by atoms with E-state index in [-0.39, 0.29) is 13.1 Å². The third-order valence-electron chi connectivity index (χ3n) is 2.47. The summed E-state index contributed by atoms with van der Waals surface area (Å²) in [5.41, 5.74) is 8.62. The molecule has 0 atom stereocenters. The summed E-state index contributed by atoms with van der Waals surface area (Å²) in [5, 5.41) is 17.3. The van der Waals surface area contributed by atoms with Gasteiger partial charge in [-0.15, -0.1) is 0 Å². The highest BCUT2D eigenvalue weighted by Gasteiger charge is 2.07. The van der Waals surface area contributed by atoms with E-state index < -0.39 is 0 Å². The molecule has 1 aromatic rings. The molecule has 1 aromatic carbocycles. The van der Waals surface area contributed by atoms with Gasteiger partial charge in [-0.1, -0.05) is 12.1 Å². The number of hydrogen-bond acceptors (Lipinski definition) is 4. The summed E-state index contributed by atoms with van der Waals surface area (Å²) in [7, 11) is 0. The van der Waals surface area contributed by atoms with Crippen LogP contribution >= 0.6 is 0 Å². The van der Waals surface area contributed by atoms with E-state index in [4.69, 9.17) is 16.3 Å². The fraction of sp³-hybridized carbons (Fsp3) is 0.333. The van der Waals surface area contributed by atoms with Gasteiger partial charge in [0, 0.05) is 12.2 Å². The van der Waals surface area contributed by atoms with Crippen LogP contribution < -0.4 is 5.73 Å². The van der Waals surface area contributed by atoms with E-state index in [2.05, 4.69) is 12.1 Å². The van der Waals surface area contributed by atoms with Crippen molar-refractivity contribution in [2.75, 3.05) is 18.8 Å². The van der Waals surface area contributed by atoms with Crippen molar-refractivity contribution >= 4 is 5.69 Å². The molecule has 0 spiro atoms. The molecular weight excluding hydrogens is 200 g/mol. The Hall–Kier alpha value is -2.04. The standard InChI is InChI=1S/C12H14N4/c1-10-11(3-2-4-12(10)15)9-16(7-5-13)8-6-14/h2-4H,7-9,15H2,1H3. The molecule has 0 amide bonds. The summed E-state index contributed by atoms with van der Waals surface area (Å²) < 4.78 is 0. The first-order valence-corrected chi connectivity index (χ1v) is 4.99. The summed E-state index contributed by atoms with van der Waals surface area (Å²) in [6.07, 6.45) is 0. The Morgan fingerprint density at radius 1 is 1.25 bits per heavy atom. The Morgan fingerprint density at radius 3 is 2.44 bits per heavy atom. The summed E-state index contributed by atoms with van der Waals surface area (Å²) >= 11 is 0. The quantitative estimate of drug-likeness (QED) is 0.607. The molecule has 0 saturated heterocycles. The van der Waals surface area contributed by atoms with Crippen molar-refractivity contribution in [3.63, 3.8) is 0 Å². The van der Waals surface area contributed by atoms with Crippen molar-refractivity contribution in [3.05, 3.63) is 29.3 Å². The molecule has 1 rings (SSSR count). The van der Waals surface area contributed by atoms with Gasteiger partial charge in [-0.3, -0.25) is 4.90 Å². The van der Waals surface area contributed by atoms with Crippen molar-refractivity contribution in [1.29, 1.82) is 10.5 Å². The molecule has 0 unspecified atom stereocenters. The number of nitrogens with zero attached hydrogens (tertiary/aromatic N) is 3. The lowest BCUT2D eigenvalue weighted by Gasteiger charge is -2.17. The van der Waals surface area contributed by atoms with Crippen LogP contribution in [0.25, 0.3) is 0 Å². The maximum Gasteiger partial charge on any atom is 0.0877 e. The number of benzene rings is 1. The van der Waals surface area contributed by atoms with Gasteiger partial charge < -0.3 is 5.73 Å². The lowest BCUT2D eigenvalue weighted by molar-refractivity contribution is 0.334. The smallest absolute Gasteiger partial charge is 0.0877 e. The van der Waals surface area contributed by atoms with E-state index in [1.54, 1.807) is 4.90 Å². The molecule has 0 aromatic heterocycles. The zero-order valence-electron chi connectivity index (χ0n) is 9.27. The first-order chi connectivity index (χ1) is 7.69. The van der Waals surface area contributed by atoms with Crippen LogP contribution in [-0.4, -0.2) is 18.0 Å². The normalized spacial score (nSPS) is 9.75. The molecule has 0 bridgehead atoms. The molecule has 0 saturated carbocycles. The molecule has 16 heavy (non-hydrogen) atoms. The predicted octanol–water partition coefficient (Wildman–Crippen LogP) is 1.43. The summed E-state index contributed by atoms with van der Waals surface area (Å²) in [6.45, 7) is 3.03. The fourth-order valence-corrected chi connectivity index (χ4v) is 1.48. The van der Waals surface area contributed by atoms with Crippen molar-refractivity contribution in [1.82, 2.24) is 4.90 Å². The SMILES string of the molecule is Cc1c(N)cccc1CN(CC#N)CC#N. The molecule has 0 aliphatic heterocycles. The number of rotatable bonds is 4. The van der Waals surface area contributed by atoms with Gasteiger partial charge in [0.1, 0.15) is 0 Å². The fourth-order valence-electron chi connectivity index (χ4n) is 1.48. The van der Waals surface area contributed by atoms with E-state index in [0.29, 0.717) is 6.54 Å². The van der Waals surface area contributed by atoms with Gasteiger partial charge >= 0.3 is 0 Å². The van der Waals surface area contributed by atoms with Crippen LogP contribution in [0.3, 0.4) is 0 Å². The monoisotopic (exact) mass is 214 g/mol. The highest BCUT2D eigenvalue weighted by Crippen LogP contribution is 2.16. The summed E-state index contributed by atoms with van der Waals surface area (Å²) in [5.74, 6) is 0. The second-order valence-electron chi connectivity index (χ2n) is 3.59. The van der Waals surface area contributed by atoms with Gasteiger partial charge in [0.05, 0.1) is 25.2 Å². The van der Waals surface area contributed by atoms with E-state index in [1.807, 2.05) is 25.1 Å². The highest BCUT2D eigenvalue weighted by molar-refractivity contribution is 5.49. The molecule has 0 heterocycles. The maximum atomic E-state index is 8.64. The minimum atomic E-state index is 0.252. The molecule has 0 radical (unpaired) electrons. The van der Waals surface area contributed by atoms with Gasteiger partial charge in [0.2, 0.25) is 0 Å². The Morgan fingerprint density at radius 2 is 1.88 bits per heavy atom. The van der Waals surface area contributed by atoms with Gasteiger partial charge in [0.25, 0.3) is 0 Å². The molecular formula is C12H14N4. The minimum Gasteiger partial charge on any atom is -0.399 e. The van der Waals surface area contributed by atoms with Crippen molar-refractivity contribution in [3.8, 4) is 12.1 Å². The molecule has 2 N–H and O–H groups in total. The topological polar surface area (TPSA) is 76.8 Å². The predicted molar refractivity (Wildman–Crippen MR) is 62.1 cm³/mol. The molecule has 82 valence electrons. The third-order valence-corrected chi connectivity index (χ3v) is 2.47. The highest BCUT2D eigenvalue weighted by atomic mass is 15.1. The van der Waals surface area contributed by atoms with Gasteiger partial charge in [0.15, 0.2) is 0 Å². The van der Waals surface area contributed by atoms with Crippen LogP contribution in [-0.2, 0) is 6.54 Å². The largest absolute Gasteiger partial charge is 0.399 e. The van der Waals surface area contributed by atoms with Crippen molar-refractivity contribution < 1.29 is 0 Å². The zero-order chi connectivity index (χ0) is 12.0. The van der Waals surface area contributed by atoms with E-state index >= 15 is 0 Å². The van der Waals surface area contributed by atoms with Crippen LogP contribution in [0.5, 0.6) is 0 Å². The number of hydrogen-bond donors (Lipinski definition) is 1. The first kappa shape index (κ1) is 12.0. The number of anilines is 1. The van der Waals surface area contributed by atoms with Crippen molar-refractivity contribution in [2.45, 2.75) is 13.5 Å². The summed E-state index contributed by atoms with van der Waals surface area (Å²) in [4.78, 5) is 1.78. The Balaban J connectivity index is 2.82. The Bertz CT molecular complexity index is 423. The first-order valence-electron chi connectivity index (χ1n) is 4.99. The van der Waals surface area contributed by atoms with Crippen LogP contribution in [0.15, 0.2) is 18.2 Å². The van der Waals surface area contributed by atoms with Crippen LogP contribution in [0, 0.1) is 29.6 Å². The van der Waals surface area contributed by atoms with Crippen LogP contribution in [0.1, 0.15) is 11.1 Å². The van der Waals surface area contributed by atoms with Crippen LogP contribution in [0.2, 0.25) is 0 Å².